The van der Waals surface area contributed by atoms with Crippen LogP contribution in [-0.4, -0.2) is 4.98 Å². The zero-order chi connectivity index (χ0) is 10.7. The van der Waals surface area contributed by atoms with Crippen LogP contribution in [0.4, 0.5) is 0 Å². The molecule has 0 spiro atoms. The van der Waals surface area contributed by atoms with Gasteiger partial charge in [-0.15, -0.1) is 0 Å². The third kappa shape index (κ3) is 2.01. The number of nitrogens with zero attached hydrogens (tertiary/aromatic N) is 1. The zero-order valence-corrected chi connectivity index (χ0v) is 9.40. The van der Waals surface area contributed by atoms with Crippen molar-refractivity contribution in [3.8, 4) is 0 Å². The van der Waals surface area contributed by atoms with Crippen molar-refractivity contribution in [1.82, 2.24) is 4.98 Å². The van der Waals surface area contributed by atoms with Gasteiger partial charge in [0.25, 0.3) is 0 Å². The third-order valence-corrected chi connectivity index (χ3v) is 3.12. The van der Waals surface area contributed by atoms with Crippen LogP contribution >= 0.6 is 0 Å². The fourth-order valence-corrected chi connectivity index (χ4v) is 2.12. The molecule has 0 radical (unpaired) electrons. The number of hydrogen-bond acceptors (Lipinski definition) is 1. The van der Waals surface area contributed by atoms with E-state index in [2.05, 4.69) is 43.1 Å². The molecule has 0 saturated carbocycles. The fraction of sp³-hybridized carbons (Fsp3) is 0.357. The third-order valence-electron chi connectivity index (χ3n) is 3.12. The van der Waals surface area contributed by atoms with Crippen molar-refractivity contribution in [2.24, 2.45) is 0 Å². The summed E-state index contributed by atoms with van der Waals surface area (Å²) >= 11 is 0. The van der Waals surface area contributed by atoms with Gasteiger partial charge in [-0.05, 0) is 35.8 Å². The Kier molecular flexibility index (Phi) is 3.00. The summed E-state index contributed by atoms with van der Waals surface area (Å²) in [5.74, 6) is 0.697. The molecule has 1 heteroatoms. The van der Waals surface area contributed by atoms with Gasteiger partial charge in [0.15, 0.2) is 0 Å². The molecule has 0 aliphatic rings. The number of fused-ring (bicyclic) bond motifs is 1. The topological polar surface area (TPSA) is 12.9 Å². The van der Waals surface area contributed by atoms with Crippen LogP contribution in [0, 0.1) is 0 Å². The summed E-state index contributed by atoms with van der Waals surface area (Å²) in [7, 11) is 0. The number of aromatic nitrogens is 1. The number of rotatable bonds is 3. The highest BCUT2D eigenvalue weighted by atomic mass is 14.6. The summed E-state index contributed by atoms with van der Waals surface area (Å²) in [6.07, 6.45) is 6.21. The average molecular weight is 199 g/mol. The van der Waals surface area contributed by atoms with Gasteiger partial charge in [0.05, 0.1) is 0 Å². The van der Waals surface area contributed by atoms with Crippen molar-refractivity contribution in [3.63, 3.8) is 0 Å². The largest absolute Gasteiger partial charge is 0.264 e. The van der Waals surface area contributed by atoms with Crippen molar-refractivity contribution in [2.75, 3.05) is 0 Å². The predicted molar refractivity (Wildman–Crippen MR) is 65.1 cm³/mol. The Hall–Kier alpha value is -1.37. The zero-order valence-electron chi connectivity index (χ0n) is 9.40. The molecule has 1 nitrogen and oxygen atoms in total. The fourth-order valence-electron chi connectivity index (χ4n) is 2.12. The highest BCUT2D eigenvalue weighted by molar-refractivity contribution is 5.82. The smallest absolute Gasteiger partial charge is 0.0346 e. The van der Waals surface area contributed by atoms with Gasteiger partial charge in [0.2, 0.25) is 0 Å². The molecule has 0 aliphatic carbocycles. The van der Waals surface area contributed by atoms with E-state index in [4.69, 9.17) is 0 Å². The minimum absolute atomic E-state index is 0.697. The molecule has 15 heavy (non-hydrogen) atoms. The monoisotopic (exact) mass is 199 g/mol. The van der Waals surface area contributed by atoms with Crippen LogP contribution < -0.4 is 0 Å². The molecule has 0 bridgehead atoms. The van der Waals surface area contributed by atoms with Crippen molar-refractivity contribution < 1.29 is 0 Å². The number of benzene rings is 1. The Bertz CT molecular complexity index is 444. The molecule has 0 unspecified atom stereocenters. The van der Waals surface area contributed by atoms with E-state index in [1.165, 1.54) is 29.2 Å². The van der Waals surface area contributed by atoms with E-state index in [1.54, 1.807) is 0 Å². The molecule has 0 aliphatic heterocycles. The molecule has 0 fully saturated rings. The lowest BCUT2D eigenvalue weighted by atomic mass is 9.92. The second kappa shape index (κ2) is 4.43. The summed E-state index contributed by atoms with van der Waals surface area (Å²) < 4.78 is 0. The van der Waals surface area contributed by atoms with E-state index >= 15 is 0 Å². The number of hydrogen-bond donors (Lipinski definition) is 0. The predicted octanol–water partition coefficient (Wildman–Crippen LogP) is 4.14. The molecule has 2 rings (SSSR count). The molecule has 0 N–H and O–H groups in total. The minimum atomic E-state index is 0.697. The van der Waals surface area contributed by atoms with Crippen LogP contribution in [0.1, 0.15) is 38.2 Å². The second-order valence-electron chi connectivity index (χ2n) is 4.00. The normalized spacial score (nSPS) is 11.1. The minimum Gasteiger partial charge on any atom is -0.264 e. The Morgan fingerprint density at radius 1 is 1.07 bits per heavy atom. The molecule has 78 valence electrons. The molecule has 1 heterocycles. The van der Waals surface area contributed by atoms with Gasteiger partial charge in [-0.25, -0.2) is 0 Å². The van der Waals surface area contributed by atoms with Crippen LogP contribution in [0.3, 0.4) is 0 Å². The molecule has 1 aromatic heterocycles. The first kappa shape index (κ1) is 10.2. The van der Waals surface area contributed by atoms with Crippen LogP contribution in [0.5, 0.6) is 0 Å². The maximum atomic E-state index is 4.13. The lowest BCUT2D eigenvalue weighted by molar-refractivity contribution is 0.643. The number of pyridine rings is 1. The lowest BCUT2D eigenvalue weighted by Gasteiger charge is -2.13. The summed E-state index contributed by atoms with van der Waals surface area (Å²) in [5, 5.41) is 2.53. The van der Waals surface area contributed by atoms with Crippen molar-refractivity contribution in [2.45, 2.75) is 32.6 Å². The van der Waals surface area contributed by atoms with Crippen molar-refractivity contribution in [3.05, 3.63) is 42.2 Å². The lowest BCUT2D eigenvalue weighted by Crippen LogP contribution is -1.94. The van der Waals surface area contributed by atoms with E-state index in [0.717, 1.165) is 0 Å². The van der Waals surface area contributed by atoms with Gasteiger partial charge in [-0.1, -0.05) is 32.0 Å². The van der Waals surface area contributed by atoms with Gasteiger partial charge in [-0.3, -0.25) is 4.98 Å². The molecule has 1 aromatic carbocycles. The standard InChI is InChI=1S/C14H17N/c1-3-11(4-2)12-5-6-14-10-15-8-7-13(14)9-12/h5-11H,3-4H2,1-2H3. The highest BCUT2D eigenvalue weighted by Gasteiger charge is 2.06. The summed E-state index contributed by atoms with van der Waals surface area (Å²) in [6.45, 7) is 4.51. The van der Waals surface area contributed by atoms with Gasteiger partial charge in [0.1, 0.15) is 0 Å². The molecular weight excluding hydrogens is 182 g/mol. The van der Waals surface area contributed by atoms with E-state index in [1.807, 2.05) is 12.4 Å². The summed E-state index contributed by atoms with van der Waals surface area (Å²) in [5.41, 5.74) is 1.46. The summed E-state index contributed by atoms with van der Waals surface area (Å²) in [4.78, 5) is 4.13. The van der Waals surface area contributed by atoms with Crippen molar-refractivity contribution >= 4 is 10.8 Å². The Morgan fingerprint density at radius 2 is 1.87 bits per heavy atom. The molecule has 0 saturated heterocycles. The highest BCUT2D eigenvalue weighted by Crippen LogP contribution is 2.25. The quantitative estimate of drug-likeness (QED) is 0.724. The Labute approximate surface area is 91.2 Å². The van der Waals surface area contributed by atoms with Gasteiger partial charge < -0.3 is 0 Å². The average Bonchev–Trinajstić information content (AvgIpc) is 2.30. The first-order chi connectivity index (χ1) is 7.35. The second-order valence-corrected chi connectivity index (χ2v) is 4.00. The van der Waals surface area contributed by atoms with E-state index in [9.17, 15) is 0 Å². The SMILES string of the molecule is CCC(CC)c1ccc2cnccc2c1. The Balaban J connectivity index is 2.46. The van der Waals surface area contributed by atoms with Gasteiger partial charge in [0, 0.05) is 17.8 Å². The molecule has 2 aromatic rings. The molecule has 0 amide bonds. The molecular formula is C14H17N. The Morgan fingerprint density at radius 3 is 2.60 bits per heavy atom. The van der Waals surface area contributed by atoms with Crippen LogP contribution in [0.25, 0.3) is 10.8 Å². The first-order valence-electron chi connectivity index (χ1n) is 5.68. The van der Waals surface area contributed by atoms with E-state index in [0.29, 0.717) is 5.92 Å². The van der Waals surface area contributed by atoms with Gasteiger partial charge in [-0.2, -0.15) is 0 Å². The maximum Gasteiger partial charge on any atom is 0.0346 e. The van der Waals surface area contributed by atoms with Gasteiger partial charge >= 0.3 is 0 Å². The van der Waals surface area contributed by atoms with Crippen LogP contribution in [0.2, 0.25) is 0 Å². The van der Waals surface area contributed by atoms with E-state index < -0.39 is 0 Å². The maximum absolute atomic E-state index is 4.13. The van der Waals surface area contributed by atoms with Crippen molar-refractivity contribution in [1.29, 1.82) is 0 Å². The van der Waals surface area contributed by atoms with Crippen LogP contribution in [0.15, 0.2) is 36.7 Å². The molecule has 0 atom stereocenters. The summed E-state index contributed by atoms with van der Waals surface area (Å²) in [6, 6.07) is 8.80. The van der Waals surface area contributed by atoms with E-state index in [-0.39, 0.29) is 0 Å². The first-order valence-corrected chi connectivity index (χ1v) is 5.68. The van der Waals surface area contributed by atoms with Crippen LogP contribution in [-0.2, 0) is 0 Å².